The number of aromatic nitrogens is 2. The van der Waals surface area contributed by atoms with E-state index in [4.69, 9.17) is 20.3 Å². The van der Waals surface area contributed by atoms with Crippen LogP contribution >= 0.6 is 0 Å². The number of ether oxygens (including phenoxy) is 2. The van der Waals surface area contributed by atoms with Gasteiger partial charge >= 0.3 is 5.97 Å². The molecule has 0 fully saturated rings. The number of hydrogen-bond acceptors (Lipinski definition) is 6. The highest BCUT2D eigenvalue weighted by Gasteiger charge is 2.24. The fourth-order valence-corrected chi connectivity index (χ4v) is 3.86. The lowest BCUT2D eigenvalue weighted by Crippen LogP contribution is -2.28. The number of rotatable bonds is 7. The van der Waals surface area contributed by atoms with Crippen molar-refractivity contribution in [3.63, 3.8) is 0 Å². The third-order valence-corrected chi connectivity index (χ3v) is 5.54. The van der Waals surface area contributed by atoms with Gasteiger partial charge in [0.1, 0.15) is 5.69 Å². The molecule has 0 radical (unpaired) electrons. The molecule has 9 nitrogen and oxygen atoms in total. The highest BCUT2D eigenvalue weighted by Crippen LogP contribution is 2.21. The summed E-state index contributed by atoms with van der Waals surface area (Å²) < 4.78 is 12.9. The van der Waals surface area contributed by atoms with Crippen LogP contribution in [0.1, 0.15) is 69.2 Å². The van der Waals surface area contributed by atoms with Crippen molar-refractivity contribution in [3.05, 3.63) is 52.3 Å². The monoisotopic (exact) mass is 456 g/mol. The maximum atomic E-state index is 12.8. The van der Waals surface area contributed by atoms with Gasteiger partial charge in [-0.25, -0.2) is 4.79 Å². The molecule has 1 aliphatic heterocycles. The summed E-state index contributed by atoms with van der Waals surface area (Å²) in [6, 6.07) is 6.15. The van der Waals surface area contributed by atoms with Crippen LogP contribution in [0.2, 0.25) is 0 Å². The van der Waals surface area contributed by atoms with Crippen molar-refractivity contribution in [1.29, 1.82) is 0 Å². The number of nitrogens with one attached hydrogen (secondary N) is 1. The summed E-state index contributed by atoms with van der Waals surface area (Å²) in [4.78, 5) is 36.6. The zero-order valence-corrected chi connectivity index (χ0v) is 19.3. The van der Waals surface area contributed by atoms with Crippen LogP contribution in [0.15, 0.2) is 24.3 Å². The van der Waals surface area contributed by atoms with E-state index in [-0.39, 0.29) is 29.6 Å². The summed E-state index contributed by atoms with van der Waals surface area (Å²) >= 11 is 0. The van der Waals surface area contributed by atoms with E-state index in [1.165, 1.54) is 6.07 Å². The highest BCUT2D eigenvalue weighted by molar-refractivity contribution is 5.97. The van der Waals surface area contributed by atoms with Gasteiger partial charge in [0.05, 0.1) is 17.9 Å². The average Bonchev–Trinajstić information content (AvgIpc) is 3.13. The number of carbonyl (C=O) groups is 3. The number of nitrogens with zero attached hydrogens (tertiary/aromatic N) is 2. The highest BCUT2D eigenvalue weighted by atomic mass is 16.5. The third kappa shape index (κ3) is 6.41. The number of amides is 2. The first-order valence-electron chi connectivity index (χ1n) is 11.4. The molecule has 3 rings (SSSR count). The Morgan fingerprint density at radius 1 is 1.27 bits per heavy atom. The molecule has 0 saturated carbocycles. The molecule has 3 N–H and O–H groups in total. The van der Waals surface area contributed by atoms with Crippen molar-refractivity contribution in [2.45, 2.75) is 46.1 Å². The second-order valence-corrected chi connectivity index (χ2v) is 8.27. The number of nitrogens with two attached hydrogens (primary N) is 1. The largest absolute Gasteiger partial charge is 0.462 e. The Morgan fingerprint density at radius 2 is 2.03 bits per heavy atom. The molecule has 1 aromatic heterocycles. The van der Waals surface area contributed by atoms with Gasteiger partial charge in [-0.05, 0) is 56.7 Å². The second kappa shape index (κ2) is 11.6. The van der Waals surface area contributed by atoms with Gasteiger partial charge in [0.2, 0.25) is 5.91 Å². The molecule has 2 heterocycles. The average molecular weight is 457 g/mol. The summed E-state index contributed by atoms with van der Waals surface area (Å²) in [7, 11) is 0. The lowest BCUT2D eigenvalue weighted by Gasteiger charge is -2.13. The van der Waals surface area contributed by atoms with Gasteiger partial charge in [0.25, 0.3) is 5.91 Å². The predicted octanol–water partition coefficient (Wildman–Crippen LogP) is 2.12. The summed E-state index contributed by atoms with van der Waals surface area (Å²) in [6.07, 6.45) is 2.85. The lowest BCUT2D eigenvalue weighted by atomic mass is 9.99. The van der Waals surface area contributed by atoms with Crippen molar-refractivity contribution in [1.82, 2.24) is 15.1 Å². The van der Waals surface area contributed by atoms with Crippen LogP contribution in [0, 0.1) is 5.92 Å². The van der Waals surface area contributed by atoms with Gasteiger partial charge in [0, 0.05) is 37.4 Å². The van der Waals surface area contributed by atoms with Gasteiger partial charge < -0.3 is 20.5 Å². The van der Waals surface area contributed by atoms with Gasteiger partial charge in [-0.3, -0.25) is 14.3 Å². The first-order valence-corrected chi connectivity index (χ1v) is 11.4. The molecule has 33 heavy (non-hydrogen) atoms. The maximum Gasteiger partial charge on any atom is 0.338 e. The summed E-state index contributed by atoms with van der Waals surface area (Å²) in [5.74, 6) is -1.24. The number of aryl methyl sites for hydroxylation is 1. The van der Waals surface area contributed by atoms with Gasteiger partial charge in [-0.2, -0.15) is 5.10 Å². The summed E-state index contributed by atoms with van der Waals surface area (Å²) in [5.41, 5.74) is 8.21. The van der Waals surface area contributed by atoms with Crippen LogP contribution in [-0.2, 0) is 28.9 Å². The standard InChI is InChI=1S/C24H32N4O5/c1-3-28-21-19(9-5-11-32-12-6-10-26-23(21)30)20(27-28)13-16(2)15-33-24(31)18-8-4-7-17(14-18)22(25)29/h4,7-8,14,16H,3,5-6,9-13,15H2,1-2H3,(H2,25,29)(H,26,30)/t16-/m1/s1. The van der Waals surface area contributed by atoms with Crippen molar-refractivity contribution in [2.24, 2.45) is 11.7 Å². The van der Waals surface area contributed by atoms with Crippen LogP contribution < -0.4 is 11.1 Å². The van der Waals surface area contributed by atoms with E-state index in [9.17, 15) is 14.4 Å². The quantitative estimate of drug-likeness (QED) is 0.615. The zero-order chi connectivity index (χ0) is 23.8. The first-order chi connectivity index (χ1) is 15.9. The Balaban J connectivity index is 1.70. The van der Waals surface area contributed by atoms with E-state index in [2.05, 4.69) is 5.32 Å². The minimum atomic E-state index is -0.599. The van der Waals surface area contributed by atoms with Crippen LogP contribution in [0.5, 0.6) is 0 Å². The van der Waals surface area contributed by atoms with E-state index >= 15 is 0 Å². The number of fused-ring (bicyclic) bond motifs is 1. The molecule has 0 unspecified atom stereocenters. The Kier molecular flexibility index (Phi) is 8.59. The minimum absolute atomic E-state index is 0.0184. The Bertz CT molecular complexity index is 1000. The Morgan fingerprint density at radius 3 is 2.79 bits per heavy atom. The molecule has 1 aliphatic rings. The Labute approximate surface area is 193 Å². The summed E-state index contributed by atoms with van der Waals surface area (Å²) in [5, 5.41) is 7.67. The van der Waals surface area contributed by atoms with Gasteiger partial charge in [-0.15, -0.1) is 0 Å². The van der Waals surface area contributed by atoms with Gasteiger partial charge in [0.15, 0.2) is 0 Å². The molecule has 9 heteroatoms. The van der Waals surface area contributed by atoms with E-state index in [1.54, 1.807) is 22.9 Å². The molecule has 0 spiro atoms. The molecule has 0 bridgehead atoms. The van der Waals surface area contributed by atoms with Crippen molar-refractivity contribution >= 4 is 17.8 Å². The molecule has 2 amide bonds. The molecular weight excluding hydrogens is 424 g/mol. The van der Waals surface area contributed by atoms with Crippen LogP contribution in [0.3, 0.4) is 0 Å². The summed E-state index contributed by atoms with van der Waals surface area (Å²) in [6.45, 7) is 6.54. The molecular formula is C24H32N4O5. The smallest absolute Gasteiger partial charge is 0.338 e. The van der Waals surface area contributed by atoms with E-state index in [0.717, 1.165) is 24.1 Å². The number of benzene rings is 1. The number of esters is 1. The molecule has 0 aliphatic carbocycles. The van der Waals surface area contributed by atoms with Crippen molar-refractivity contribution in [2.75, 3.05) is 26.4 Å². The predicted molar refractivity (Wildman–Crippen MR) is 122 cm³/mol. The van der Waals surface area contributed by atoms with Crippen LogP contribution in [0.25, 0.3) is 0 Å². The molecule has 1 atom stereocenters. The fourth-order valence-electron chi connectivity index (χ4n) is 3.86. The molecule has 1 aromatic carbocycles. The number of primary amides is 1. The SMILES string of the molecule is CCn1nc(C[C@@H](C)COC(=O)c2cccc(C(N)=O)c2)c2c1C(=O)NCCCOCCC2. The minimum Gasteiger partial charge on any atom is -0.462 e. The Hall–Kier alpha value is -3.20. The molecule has 2 aromatic rings. The molecule has 0 saturated heterocycles. The lowest BCUT2D eigenvalue weighted by molar-refractivity contribution is 0.0448. The van der Waals surface area contributed by atoms with Crippen molar-refractivity contribution in [3.8, 4) is 0 Å². The molecule has 178 valence electrons. The maximum absolute atomic E-state index is 12.8. The fraction of sp³-hybridized carbons (Fsp3) is 0.500. The second-order valence-electron chi connectivity index (χ2n) is 8.27. The zero-order valence-electron chi connectivity index (χ0n) is 19.3. The van der Waals surface area contributed by atoms with E-state index in [0.29, 0.717) is 44.8 Å². The van der Waals surface area contributed by atoms with Crippen LogP contribution in [-0.4, -0.2) is 53.9 Å². The van der Waals surface area contributed by atoms with E-state index < -0.39 is 11.9 Å². The topological polar surface area (TPSA) is 126 Å². The first kappa shape index (κ1) is 24.4. The normalized spacial score (nSPS) is 15.6. The number of carbonyl (C=O) groups excluding carboxylic acids is 3. The number of hydrogen-bond donors (Lipinski definition) is 2. The van der Waals surface area contributed by atoms with E-state index in [1.807, 2.05) is 13.8 Å². The van der Waals surface area contributed by atoms with Crippen LogP contribution in [0.4, 0.5) is 0 Å². The van der Waals surface area contributed by atoms with Crippen molar-refractivity contribution < 1.29 is 23.9 Å². The van der Waals surface area contributed by atoms with Gasteiger partial charge in [-0.1, -0.05) is 13.0 Å². The third-order valence-electron chi connectivity index (χ3n) is 5.54.